The van der Waals surface area contributed by atoms with Crippen molar-refractivity contribution in [1.29, 1.82) is 0 Å². The summed E-state index contributed by atoms with van der Waals surface area (Å²) in [5.74, 6) is -2.89. The summed E-state index contributed by atoms with van der Waals surface area (Å²) in [6.07, 6.45) is 4.76. The maximum Gasteiger partial charge on any atom is 0.312 e. The molecule has 1 N–H and O–H groups in total. The molecule has 0 saturated carbocycles. The Morgan fingerprint density at radius 2 is 1.91 bits per heavy atom. The van der Waals surface area contributed by atoms with Crippen molar-refractivity contribution in [2.75, 3.05) is 24.7 Å². The molecule has 3 saturated heterocycles. The van der Waals surface area contributed by atoms with Gasteiger partial charge in [0, 0.05) is 12.2 Å². The first-order valence-corrected chi connectivity index (χ1v) is 15.4. The van der Waals surface area contributed by atoms with Crippen LogP contribution in [0.1, 0.15) is 47.0 Å². The molecule has 2 amide bonds. The highest BCUT2D eigenvalue weighted by molar-refractivity contribution is 6.06. The topological polar surface area (TPSA) is 96.4 Å². The van der Waals surface area contributed by atoms with Gasteiger partial charge in [-0.25, -0.2) is 0 Å². The van der Waals surface area contributed by atoms with Gasteiger partial charge < -0.3 is 24.4 Å². The van der Waals surface area contributed by atoms with Crippen molar-refractivity contribution in [3.8, 4) is 0 Å². The molecule has 8 heteroatoms. The largest absolute Gasteiger partial charge is 0.465 e. The van der Waals surface area contributed by atoms with Crippen LogP contribution in [0.4, 0.5) is 5.69 Å². The molecular weight excluding hydrogens is 544 g/mol. The second kappa shape index (κ2) is 11.9. The van der Waals surface area contributed by atoms with E-state index in [4.69, 9.17) is 9.47 Å². The van der Waals surface area contributed by atoms with Crippen molar-refractivity contribution in [3.05, 3.63) is 67.8 Å². The van der Waals surface area contributed by atoms with Crippen LogP contribution in [-0.4, -0.2) is 70.8 Å². The van der Waals surface area contributed by atoms with Gasteiger partial charge in [0.2, 0.25) is 5.91 Å². The average molecular weight is 589 g/mol. The molecule has 1 spiro atoms. The van der Waals surface area contributed by atoms with Crippen LogP contribution >= 0.6 is 0 Å². The van der Waals surface area contributed by atoms with E-state index in [1.807, 2.05) is 70.2 Å². The van der Waals surface area contributed by atoms with Gasteiger partial charge in [-0.3, -0.25) is 14.4 Å². The molecule has 3 aliphatic heterocycles. The predicted octanol–water partition coefficient (Wildman–Crippen LogP) is 4.90. The fourth-order valence-electron chi connectivity index (χ4n) is 7.80. The Bertz CT molecular complexity index is 1420. The van der Waals surface area contributed by atoms with Gasteiger partial charge in [-0.15, -0.1) is 13.2 Å². The third kappa shape index (κ3) is 4.98. The molecule has 3 fully saturated rings. The van der Waals surface area contributed by atoms with E-state index in [9.17, 15) is 19.5 Å². The Morgan fingerprint density at radius 3 is 2.56 bits per heavy atom. The molecule has 43 heavy (non-hydrogen) atoms. The quantitative estimate of drug-likeness (QED) is 0.215. The summed E-state index contributed by atoms with van der Waals surface area (Å²) in [4.78, 5) is 46.4. The number of carbonyl (C=O) groups is 3. The molecule has 7 atom stereocenters. The van der Waals surface area contributed by atoms with Gasteiger partial charge in [0.05, 0.1) is 30.8 Å². The average Bonchev–Trinajstić information content (AvgIpc) is 3.50. The smallest absolute Gasteiger partial charge is 0.312 e. The number of anilines is 1. The van der Waals surface area contributed by atoms with E-state index in [1.165, 1.54) is 0 Å². The number of carbonyl (C=O) groups excluding carboxylic acids is 3. The number of benzene rings is 2. The third-order valence-electron chi connectivity index (χ3n) is 9.78. The van der Waals surface area contributed by atoms with Gasteiger partial charge in [0.15, 0.2) is 0 Å². The number of fused-ring (bicyclic) bond motifs is 2. The zero-order chi connectivity index (χ0) is 31.1. The first-order chi connectivity index (χ1) is 20.5. The maximum atomic E-state index is 15.0. The lowest BCUT2D eigenvalue weighted by Gasteiger charge is -2.40. The second-order valence-corrected chi connectivity index (χ2v) is 12.9. The normalized spacial score (nSPS) is 30.0. The van der Waals surface area contributed by atoms with Crippen LogP contribution < -0.4 is 4.90 Å². The highest BCUT2D eigenvalue weighted by atomic mass is 16.6. The minimum Gasteiger partial charge on any atom is -0.465 e. The van der Waals surface area contributed by atoms with E-state index in [1.54, 1.807) is 22.0 Å². The van der Waals surface area contributed by atoms with E-state index in [0.717, 1.165) is 10.8 Å². The molecule has 8 nitrogen and oxygen atoms in total. The molecule has 0 aromatic heterocycles. The molecule has 0 radical (unpaired) electrons. The van der Waals surface area contributed by atoms with Crippen molar-refractivity contribution in [2.24, 2.45) is 23.7 Å². The van der Waals surface area contributed by atoms with Crippen LogP contribution in [0.25, 0.3) is 10.8 Å². The van der Waals surface area contributed by atoms with E-state index in [0.29, 0.717) is 24.9 Å². The van der Waals surface area contributed by atoms with Gasteiger partial charge in [-0.2, -0.15) is 0 Å². The van der Waals surface area contributed by atoms with Gasteiger partial charge in [-0.1, -0.05) is 63.3 Å². The van der Waals surface area contributed by atoms with Gasteiger partial charge in [0.25, 0.3) is 5.91 Å². The maximum absolute atomic E-state index is 15.0. The van der Waals surface area contributed by atoms with Gasteiger partial charge in [-0.05, 0) is 60.9 Å². The zero-order valence-electron chi connectivity index (χ0n) is 25.7. The van der Waals surface area contributed by atoms with Crippen LogP contribution in [0.15, 0.2) is 67.8 Å². The molecule has 2 aromatic carbocycles. The van der Waals surface area contributed by atoms with Crippen molar-refractivity contribution in [1.82, 2.24) is 4.90 Å². The number of aliphatic hydroxyl groups excluding tert-OH is 1. The summed E-state index contributed by atoms with van der Waals surface area (Å²) in [5, 5.41) is 12.6. The molecule has 0 aliphatic carbocycles. The number of aliphatic hydroxyl groups is 1. The first kappa shape index (κ1) is 31.0. The molecule has 230 valence electrons. The first-order valence-electron chi connectivity index (χ1n) is 15.4. The third-order valence-corrected chi connectivity index (χ3v) is 9.78. The minimum atomic E-state index is -1.24. The number of likely N-dealkylation sites (tertiary alicyclic amines) is 1. The lowest BCUT2D eigenvalue weighted by atomic mass is 9.62. The summed E-state index contributed by atoms with van der Waals surface area (Å²) in [7, 11) is 0. The molecule has 5 rings (SSSR count). The van der Waals surface area contributed by atoms with Gasteiger partial charge >= 0.3 is 5.97 Å². The number of nitrogens with zero attached hydrogens (tertiary/aromatic N) is 2. The highest BCUT2D eigenvalue weighted by Crippen LogP contribution is 2.66. The summed E-state index contributed by atoms with van der Waals surface area (Å²) in [5.41, 5.74) is -1.55. The van der Waals surface area contributed by atoms with Crippen molar-refractivity contribution in [2.45, 2.75) is 70.2 Å². The highest BCUT2D eigenvalue weighted by Gasteiger charge is 2.80. The van der Waals surface area contributed by atoms with Crippen molar-refractivity contribution < 1.29 is 29.0 Å². The minimum absolute atomic E-state index is 0.116. The summed E-state index contributed by atoms with van der Waals surface area (Å²) < 4.78 is 12.5. The van der Waals surface area contributed by atoms with Gasteiger partial charge in [0.1, 0.15) is 17.6 Å². The van der Waals surface area contributed by atoms with E-state index >= 15 is 0 Å². The Balaban J connectivity index is 1.63. The summed E-state index contributed by atoms with van der Waals surface area (Å²) in [6, 6.07) is 12.1. The monoisotopic (exact) mass is 588 g/mol. The van der Waals surface area contributed by atoms with Crippen LogP contribution in [0.2, 0.25) is 0 Å². The van der Waals surface area contributed by atoms with Crippen LogP contribution in [0.3, 0.4) is 0 Å². The molecule has 3 aliphatic rings. The summed E-state index contributed by atoms with van der Waals surface area (Å²) >= 11 is 0. The number of amides is 2. The second-order valence-electron chi connectivity index (χ2n) is 12.9. The SMILES string of the molecule is C=CCCOC(=O)[C@@H]1[C@H]2C(=O)N([C@@H](CO)CC(C)C)C(C(=O)N(CC=C)c3ccc4ccccc4c3)C23CC(C)[C@@]1(C)O3. The Morgan fingerprint density at radius 1 is 1.19 bits per heavy atom. The zero-order valence-corrected chi connectivity index (χ0v) is 25.7. The van der Waals surface area contributed by atoms with Crippen LogP contribution in [-0.2, 0) is 23.9 Å². The Hall–Kier alpha value is -3.49. The Kier molecular flexibility index (Phi) is 8.56. The number of rotatable bonds is 12. The number of esters is 1. The van der Waals surface area contributed by atoms with Crippen molar-refractivity contribution in [3.63, 3.8) is 0 Å². The lowest BCUT2D eigenvalue weighted by Crippen LogP contribution is -2.59. The fraction of sp³-hybridized carbons (Fsp3) is 0.514. The number of hydrogen-bond donors (Lipinski definition) is 1. The van der Waals surface area contributed by atoms with E-state index in [2.05, 4.69) is 13.2 Å². The van der Waals surface area contributed by atoms with E-state index in [-0.39, 0.29) is 43.4 Å². The fourth-order valence-corrected chi connectivity index (χ4v) is 7.80. The molecule has 2 bridgehead atoms. The molecular formula is C35H44N2O6. The lowest BCUT2D eigenvalue weighted by molar-refractivity contribution is -0.162. The van der Waals surface area contributed by atoms with Crippen LogP contribution in [0.5, 0.6) is 0 Å². The van der Waals surface area contributed by atoms with E-state index < -0.39 is 41.1 Å². The molecule has 3 heterocycles. The van der Waals surface area contributed by atoms with Crippen LogP contribution in [0, 0.1) is 23.7 Å². The predicted molar refractivity (Wildman–Crippen MR) is 166 cm³/mol. The molecule has 3 unspecified atom stereocenters. The Labute approximate surface area is 254 Å². The number of ether oxygens (including phenoxy) is 2. The standard InChI is InChI=1S/C35H44N2O6/c1-7-9-17-42-33(41)29-28-31(39)37(27(21-38)18-22(3)4)30(35(28)20-23(5)34(29,6)43-35)32(40)36(16-8-2)26-15-14-24-12-10-11-13-25(24)19-26/h7-8,10-15,19,22-23,27-30,38H,1-2,9,16-18,20-21H2,3-6H3/t23?,27-,28+,29+,30?,34-,35?/m1/s1. The number of hydrogen-bond acceptors (Lipinski definition) is 6. The molecule has 2 aromatic rings. The summed E-state index contributed by atoms with van der Waals surface area (Å²) in [6.45, 7) is 15.6. The van der Waals surface area contributed by atoms with Crippen molar-refractivity contribution >= 4 is 34.2 Å².